The molecule has 3 heterocycles. The molecular formula is C24H28BN4O8-. The first-order valence-corrected chi connectivity index (χ1v) is 11.9. The Balaban J connectivity index is 1.58. The molecule has 2 bridgehead atoms. The first kappa shape index (κ1) is 26.2. The lowest BCUT2D eigenvalue weighted by Crippen LogP contribution is -2.63. The second-order valence-electron chi connectivity index (χ2n) is 9.32. The fourth-order valence-electron chi connectivity index (χ4n) is 4.44. The van der Waals surface area contributed by atoms with Gasteiger partial charge in [0, 0.05) is 24.8 Å². The zero-order chi connectivity index (χ0) is 26.6. The quantitative estimate of drug-likeness (QED) is 0.337. The fraction of sp³-hybridized carbons (Fsp3) is 0.417. The highest BCUT2D eigenvalue weighted by Crippen LogP contribution is 2.38. The van der Waals surface area contributed by atoms with Crippen LogP contribution in [0, 0.1) is 5.92 Å². The van der Waals surface area contributed by atoms with Crippen LogP contribution in [0.4, 0.5) is 0 Å². The number of ether oxygens (including phenoxy) is 1. The largest absolute Gasteiger partial charge is 0.640 e. The summed E-state index contributed by atoms with van der Waals surface area (Å²) < 4.78 is 21.7. The van der Waals surface area contributed by atoms with E-state index < -0.39 is 54.7 Å². The Bertz CT molecular complexity index is 1150. The molecule has 2 saturated heterocycles. The van der Waals surface area contributed by atoms with Gasteiger partial charge in [0.15, 0.2) is 6.10 Å². The van der Waals surface area contributed by atoms with Crippen molar-refractivity contribution in [2.24, 2.45) is 5.92 Å². The number of rotatable bonds is 10. The van der Waals surface area contributed by atoms with Gasteiger partial charge in [-0.3, -0.25) is 19.4 Å². The number of esters is 1. The zero-order valence-corrected chi connectivity index (χ0v) is 20.7. The second-order valence-corrected chi connectivity index (χ2v) is 9.32. The number of carbonyl (C=O) groups is 4. The zero-order valence-electron chi connectivity index (χ0n) is 20.7. The third kappa shape index (κ3) is 5.78. The number of hydrogen-bond acceptors (Lipinski definition) is 10. The Morgan fingerprint density at radius 3 is 2.51 bits per heavy atom. The van der Waals surface area contributed by atoms with Crippen LogP contribution in [0.1, 0.15) is 36.3 Å². The van der Waals surface area contributed by atoms with Crippen LogP contribution >= 0.6 is 0 Å². The molecule has 196 valence electrons. The van der Waals surface area contributed by atoms with Crippen LogP contribution in [0.15, 0.2) is 48.9 Å². The Hall–Kier alpha value is -3.84. The number of aromatic nitrogens is 2. The number of carbonyl (C=O) groups excluding carboxylic acids is 4. The van der Waals surface area contributed by atoms with E-state index in [2.05, 4.69) is 20.6 Å². The van der Waals surface area contributed by atoms with Gasteiger partial charge in [0.1, 0.15) is 17.8 Å². The number of benzene rings is 1. The Morgan fingerprint density at radius 2 is 1.86 bits per heavy atom. The minimum Gasteiger partial charge on any atom is -0.640 e. The maximum atomic E-state index is 13.6. The lowest BCUT2D eigenvalue weighted by molar-refractivity contribution is -0.159. The third-order valence-corrected chi connectivity index (χ3v) is 6.14. The molecule has 12 nitrogen and oxygen atoms in total. The van der Waals surface area contributed by atoms with Crippen molar-refractivity contribution >= 4 is 30.5 Å². The summed E-state index contributed by atoms with van der Waals surface area (Å²) in [6.07, 6.45) is 1.99. The molecule has 2 aliphatic heterocycles. The molecule has 2 aliphatic rings. The van der Waals surface area contributed by atoms with Crippen molar-refractivity contribution in [2.75, 3.05) is 7.11 Å². The molecule has 2 aromatic rings. The molecule has 5 atom stereocenters. The summed E-state index contributed by atoms with van der Waals surface area (Å²) in [6, 6.07) is 8.12. The summed E-state index contributed by atoms with van der Waals surface area (Å²) in [6.45, 7) is 0.977. The third-order valence-electron chi connectivity index (χ3n) is 6.14. The number of fused-ring (bicyclic) bond motifs is 2. The molecular weight excluding hydrogens is 483 g/mol. The molecule has 37 heavy (non-hydrogen) atoms. The van der Waals surface area contributed by atoms with Gasteiger partial charge in [-0.15, -0.1) is 0 Å². The smallest absolute Gasteiger partial charge is 0.460 e. The van der Waals surface area contributed by atoms with Crippen molar-refractivity contribution in [3.8, 4) is 0 Å². The average molecular weight is 511 g/mol. The second kappa shape index (κ2) is 11.1. The van der Waals surface area contributed by atoms with E-state index in [1.165, 1.54) is 25.7 Å². The molecule has 1 aromatic heterocycles. The van der Waals surface area contributed by atoms with E-state index in [4.69, 9.17) is 18.7 Å². The summed E-state index contributed by atoms with van der Waals surface area (Å²) in [5.41, 5.74) is 0.850. The molecule has 1 aromatic carbocycles. The van der Waals surface area contributed by atoms with Gasteiger partial charge in [-0.25, -0.2) is 9.78 Å². The number of hydrogen-bond donors (Lipinski definition) is 2. The molecule has 2 unspecified atom stereocenters. The predicted molar refractivity (Wildman–Crippen MR) is 128 cm³/mol. The Kier molecular flexibility index (Phi) is 7.84. The number of nitrogens with zero attached hydrogens (tertiary/aromatic N) is 2. The molecule has 0 radical (unpaired) electrons. The molecule has 0 aliphatic carbocycles. The highest BCUT2D eigenvalue weighted by molar-refractivity contribution is 6.67. The van der Waals surface area contributed by atoms with Gasteiger partial charge in [0.25, 0.3) is 11.9 Å². The predicted octanol–water partition coefficient (Wildman–Crippen LogP) is 0.341. The molecule has 4 rings (SSSR count). The normalized spacial score (nSPS) is 23.7. The summed E-state index contributed by atoms with van der Waals surface area (Å²) in [5.74, 6) is -3.59. The van der Waals surface area contributed by atoms with Crippen molar-refractivity contribution in [3.05, 3.63) is 60.2 Å². The van der Waals surface area contributed by atoms with Crippen molar-refractivity contribution in [2.45, 2.75) is 50.9 Å². The van der Waals surface area contributed by atoms with Crippen LogP contribution < -0.4 is 10.6 Å². The minimum absolute atomic E-state index is 0.0189. The van der Waals surface area contributed by atoms with Crippen LogP contribution in [0.3, 0.4) is 0 Å². The Morgan fingerprint density at radius 1 is 1.11 bits per heavy atom. The minimum atomic E-state index is -2.84. The summed E-state index contributed by atoms with van der Waals surface area (Å²) in [4.78, 5) is 58.9. The summed E-state index contributed by atoms with van der Waals surface area (Å²) >= 11 is 0. The maximum Gasteiger partial charge on any atom is 0.460 e. The highest BCUT2D eigenvalue weighted by atomic mass is 16.8. The number of amides is 2. The topological polar surface area (TPSA) is 155 Å². The molecule has 2 N–H and O–H groups in total. The van der Waals surface area contributed by atoms with Crippen molar-refractivity contribution in [3.63, 3.8) is 0 Å². The van der Waals surface area contributed by atoms with Gasteiger partial charge in [-0.2, -0.15) is 0 Å². The maximum absolute atomic E-state index is 13.6. The highest BCUT2D eigenvalue weighted by Gasteiger charge is 2.62. The van der Waals surface area contributed by atoms with Crippen LogP contribution in [-0.4, -0.2) is 71.8 Å². The Labute approximate surface area is 213 Å². The molecule has 0 spiro atoms. The standard InChI is InChI=1S/C24H28BN4O8/c1-14(2)11-18(25-35-19(23(32)34-3)20(36-25)24(33)37-25)29-21(30)16(12-15-7-5-4-6-8-15)28-22(31)17-13-26-9-10-27-17/h4-10,13-14,16,18-20H,11-12H2,1-3H3,(H,28,31)(H,29,30)/q-1/t16-,18?,19+,20-,25?/m0/s1. The van der Waals surface area contributed by atoms with E-state index in [1.54, 1.807) is 0 Å². The van der Waals surface area contributed by atoms with Gasteiger partial charge in [-0.1, -0.05) is 50.6 Å². The van der Waals surface area contributed by atoms with Crippen molar-refractivity contribution in [1.29, 1.82) is 0 Å². The van der Waals surface area contributed by atoms with Crippen molar-refractivity contribution < 1.29 is 37.9 Å². The van der Waals surface area contributed by atoms with Crippen LogP contribution in [0.5, 0.6) is 0 Å². The monoisotopic (exact) mass is 511 g/mol. The SMILES string of the molecule is COC(=O)[C@@H]1O[B-]2(C(CC(C)C)NC(=O)[C@H](Cc3ccccc3)NC(=O)c3cnccn3)OC(=O)[C@H]1O2. The first-order valence-electron chi connectivity index (χ1n) is 11.9. The van der Waals surface area contributed by atoms with E-state index in [0.717, 1.165) is 5.56 Å². The van der Waals surface area contributed by atoms with E-state index in [0.29, 0.717) is 6.42 Å². The van der Waals surface area contributed by atoms with Gasteiger partial charge < -0.3 is 29.3 Å². The summed E-state index contributed by atoms with van der Waals surface area (Å²) in [5, 5.41) is 5.55. The summed E-state index contributed by atoms with van der Waals surface area (Å²) in [7, 11) is 1.17. The van der Waals surface area contributed by atoms with Crippen LogP contribution in [0.25, 0.3) is 0 Å². The van der Waals surface area contributed by atoms with E-state index in [9.17, 15) is 19.2 Å². The fourth-order valence-corrected chi connectivity index (χ4v) is 4.44. The van der Waals surface area contributed by atoms with Gasteiger partial charge in [0.2, 0.25) is 5.91 Å². The van der Waals surface area contributed by atoms with Gasteiger partial charge in [0.05, 0.1) is 13.3 Å². The lowest BCUT2D eigenvalue weighted by atomic mass is 9.65. The molecule has 2 fully saturated rings. The number of methoxy groups -OCH3 is 1. The van der Waals surface area contributed by atoms with Crippen molar-refractivity contribution in [1.82, 2.24) is 20.6 Å². The van der Waals surface area contributed by atoms with Gasteiger partial charge in [-0.05, 0) is 11.5 Å². The van der Waals surface area contributed by atoms with Crippen LogP contribution in [-0.2, 0) is 39.5 Å². The number of nitrogens with one attached hydrogen (secondary N) is 2. The van der Waals surface area contributed by atoms with E-state index in [-0.39, 0.29) is 18.0 Å². The lowest BCUT2D eigenvalue weighted by Gasteiger charge is -2.41. The van der Waals surface area contributed by atoms with Crippen LogP contribution in [0.2, 0.25) is 0 Å². The van der Waals surface area contributed by atoms with Gasteiger partial charge >= 0.3 is 12.7 Å². The van der Waals surface area contributed by atoms with E-state index in [1.807, 2.05) is 44.2 Å². The van der Waals surface area contributed by atoms with E-state index >= 15 is 0 Å². The average Bonchev–Trinajstić information content (AvgIpc) is 3.44. The molecule has 13 heteroatoms. The molecule has 0 saturated carbocycles. The first-order chi connectivity index (χ1) is 17.7. The molecule has 2 amide bonds.